The minimum Gasteiger partial charge on any atom is -0.545 e. The van der Waals surface area contributed by atoms with Crippen LogP contribution in [0.4, 0.5) is 0 Å². The van der Waals surface area contributed by atoms with Crippen LogP contribution in [-0.4, -0.2) is 61.0 Å². The number of carbonyl (C=O) groups excluding carboxylic acids is 4. The van der Waals surface area contributed by atoms with Gasteiger partial charge in [0.2, 0.25) is 0 Å². The number of rotatable bonds is 8. The zero-order valence-electron chi connectivity index (χ0n) is 16.5. The topological polar surface area (TPSA) is 334 Å². The van der Waals surface area contributed by atoms with Crippen molar-refractivity contribution in [2.75, 3.05) is 26.2 Å². The van der Waals surface area contributed by atoms with Crippen LogP contribution in [0.15, 0.2) is 12.1 Å². The van der Waals surface area contributed by atoms with Gasteiger partial charge in [0, 0.05) is 35.1 Å². The summed E-state index contributed by atoms with van der Waals surface area (Å²) < 4.78 is 0. The molecule has 0 aliphatic carbocycles. The molecule has 0 atom stereocenters. The van der Waals surface area contributed by atoms with E-state index in [9.17, 15) is 39.6 Å². The molecule has 0 heterocycles. The van der Waals surface area contributed by atoms with Crippen LogP contribution in [0, 0.1) is 0 Å². The largest absolute Gasteiger partial charge is 0.545 e. The second-order valence-electron chi connectivity index (χ2n) is 5.21. The van der Waals surface area contributed by atoms with Gasteiger partial charge in [0.1, 0.15) is 0 Å². The van der Waals surface area contributed by atoms with E-state index in [-0.39, 0.29) is 11.0 Å². The minimum absolute atomic E-state index is 0. The average Bonchev–Trinajstić information content (AvgIpc) is 2.62. The normalized spacial score (nSPS) is 8.67. The Morgan fingerprint density at radius 3 is 0.767 bits per heavy atom. The van der Waals surface area contributed by atoms with Crippen molar-refractivity contribution < 1.29 is 73.5 Å². The molecule has 1 aromatic carbocycles. The van der Waals surface area contributed by atoms with Crippen molar-refractivity contribution in [1.82, 2.24) is 0 Å². The number of hydrogen-bond acceptors (Lipinski definition) is 8. The van der Waals surface area contributed by atoms with Gasteiger partial charge in [-0.25, -0.2) is 0 Å². The van der Waals surface area contributed by atoms with Gasteiger partial charge in [0.15, 0.2) is 0 Å². The quantitative estimate of drug-likeness (QED) is 0.301. The Labute approximate surface area is 171 Å². The predicted molar refractivity (Wildman–Crippen MR) is 91.2 cm³/mol. The Balaban J connectivity index is -0.000000237. The maximum absolute atomic E-state index is 10.6. The molecule has 0 saturated carbocycles. The summed E-state index contributed by atoms with van der Waals surface area (Å²) in [6.07, 6.45) is 2.33. The van der Waals surface area contributed by atoms with Gasteiger partial charge in [-0.1, -0.05) is 0 Å². The molecule has 0 saturated heterocycles. The maximum atomic E-state index is 10.6. The summed E-state index contributed by atoms with van der Waals surface area (Å²) in [4.78, 5) is 42.4. The van der Waals surface area contributed by atoms with Crippen LogP contribution in [0.25, 0.3) is 0 Å². The van der Waals surface area contributed by atoms with E-state index in [4.69, 9.17) is 0 Å². The van der Waals surface area contributed by atoms with Gasteiger partial charge in [-0.3, -0.25) is 0 Å². The smallest absolute Gasteiger partial charge is 0.0794 e. The number of carbonyl (C=O) groups is 4. The lowest BCUT2D eigenvalue weighted by atomic mass is 9.98. The molecule has 16 N–H and O–H groups in total. The Morgan fingerprint density at radius 1 is 0.533 bits per heavy atom. The maximum Gasteiger partial charge on any atom is 0.0794 e. The van der Waals surface area contributed by atoms with Crippen LogP contribution in [0.1, 0.15) is 54.3 Å². The molecule has 30 heavy (non-hydrogen) atoms. The van der Waals surface area contributed by atoms with E-state index in [0.29, 0.717) is 12.1 Å². The van der Waals surface area contributed by atoms with Crippen molar-refractivity contribution in [2.24, 2.45) is 0 Å². The van der Waals surface area contributed by atoms with Gasteiger partial charge in [-0.15, -0.1) is 0 Å². The zero-order valence-corrected chi connectivity index (χ0v) is 16.5. The second kappa shape index (κ2) is 19.2. The highest BCUT2D eigenvalue weighted by atomic mass is 16.4. The van der Waals surface area contributed by atoms with E-state index in [1.165, 1.54) is 12.8 Å². The number of hydrogen-bond donors (Lipinski definition) is 4. The third kappa shape index (κ3) is 13.1. The summed E-state index contributed by atoms with van der Waals surface area (Å²) >= 11 is 0. The molecule has 0 fully saturated rings. The highest BCUT2D eigenvalue weighted by Crippen LogP contribution is 2.16. The van der Waals surface area contributed by atoms with Crippen molar-refractivity contribution in [3.63, 3.8) is 0 Å². The number of benzene rings is 1. The first-order valence-corrected chi connectivity index (χ1v) is 8.29. The fourth-order valence-corrected chi connectivity index (χ4v) is 1.63. The first-order valence-electron chi connectivity index (χ1n) is 8.29. The first kappa shape index (κ1) is 34.4. The fraction of sp³-hybridized carbons (Fsp3) is 0.375. The van der Waals surface area contributed by atoms with Gasteiger partial charge < -0.3 is 73.5 Å². The summed E-state index contributed by atoms with van der Waals surface area (Å²) in [6, 6.07) is 0.613. The van der Waals surface area contributed by atoms with E-state index in [1.807, 2.05) is 0 Å². The van der Waals surface area contributed by atoms with Crippen LogP contribution < -0.4 is 43.4 Å². The number of carboxylic acids is 4. The molecule has 0 aliphatic heterocycles. The van der Waals surface area contributed by atoms with Crippen LogP contribution in [-0.2, 0) is 0 Å². The Bertz CT molecular complexity index is 574. The highest BCUT2D eigenvalue weighted by molar-refractivity contribution is 6.07. The number of aromatic carboxylic acids is 4. The summed E-state index contributed by atoms with van der Waals surface area (Å²) in [5.41, 5.74) is 10.4. The molecule has 0 aliphatic rings. The molecule has 14 heteroatoms. The van der Waals surface area contributed by atoms with Crippen molar-refractivity contribution in [1.29, 1.82) is 0 Å². The molecule has 0 bridgehead atoms. The third-order valence-corrected chi connectivity index (χ3v) is 3.04. The van der Waals surface area contributed by atoms with Gasteiger partial charge in [0.25, 0.3) is 0 Å². The lowest BCUT2D eigenvalue weighted by Crippen LogP contribution is -2.57. The van der Waals surface area contributed by atoms with E-state index < -0.39 is 46.1 Å². The molecule has 174 valence electrons. The second-order valence-corrected chi connectivity index (χ2v) is 5.21. The number of carboxylic acid groups (broad SMARTS) is 4. The van der Waals surface area contributed by atoms with Crippen molar-refractivity contribution in [3.8, 4) is 0 Å². The van der Waals surface area contributed by atoms with Crippen LogP contribution in [0.3, 0.4) is 0 Å². The zero-order chi connectivity index (χ0) is 22.3. The molecule has 0 radical (unpaired) electrons. The molecule has 1 rings (SSSR count). The lowest BCUT2D eigenvalue weighted by Gasteiger charge is -2.18. The monoisotopic (exact) mass is 438 g/mol. The summed E-state index contributed by atoms with van der Waals surface area (Å²) in [5.74, 6) is -7.99. The van der Waals surface area contributed by atoms with Gasteiger partial charge in [-0.2, -0.15) is 0 Å². The molecule has 1 aromatic rings. The summed E-state index contributed by atoms with van der Waals surface area (Å²) in [7, 11) is 0. The van der Waals surface area contributed by atoms with Crippen molar-refractivity contribution in [2.45, 2.75) is 12.8 Å². The van der Waals surface area contributed by atoms with Gasteiger partial charge in [-0.05, 0) is 12.1 Å². The van der Waals surface area contributed by atoms with Gasteiger partial charge >= 0.3 is 0 Å². The van der Waals surface area contributed by atoms with Crippen LogP contribution in [0.5, 0.6) is 0 Å². The Hall–Kier alpha value is -3.14. The van der Waals surface area contributed by atoms with Gasteiger partial charge in [0.05, 0.1) is 50.1 Å². The molecule has 0 amide bonds. The summed E-state index contributed by atoms with van der Waals surface area (Å²) in [5, 5.41) is 42.4. The third-order valence-electron chi connectivity index (χ3n) is 3.04. The summed E-state index contributed by atoms with van der Waals surface area (Å²) in [6.45, 7) is 4.12. The fourth-order valence-electron chi connectivity index (χ4n) is 1.63. The van der Waals surface area contributed by atoms with E-state index in [0.717, 1.165) is 26.2 Å². The first-order chi connectivity index (χ1) is 13.1. The predicted octanol–water partition coefficient (Wildman–Crippen LogP) is -10.8. The average molecular weight is 438 g/mol. The molecular formula is C16H30N4O10. The van der Waals surface area contributed by atoms with E-state index in [2.05, 4.69) is 22.9 Å². The SMILES string of the molecule is O.O.O=C([O-])c1cc(C(=O)[O-])c(C(=O)[O-])cc1C(=O)[O-].[NH3+]CCC[NH3+].[NH3+]CCC[NH3+]. The lowest BCUT2D eigenvalue weighted by molar-refractivity contribution is -0.405. The van der Waals surface area contributed by atoms with E-state index >= 15 is 0 Å². The molecule has 0 spiro atoms. The standard InChI is InChI=1S/C10H6O8.2C3H10N2.2H2O/c11-7(12)3-1-4(8(13)14)6(10(17)18)2-5(3)9(15)16;2*4-2-1-3-5;;/h1-2H,(H,11,12)(H,13,14)(H,15,16)(H,17,18);2*1-5H2;2*1H2. The van der Waals surface area contributed by atoms with Crippen LogP contribution >= 0.6 is 0 Å². The molecular weight excluding hydrogens is 408 g/mol. The number of quaternary nitrogens is 4. The van der Waals surface area contributed by atoms with Crippen LogP contribution in [0.2, 0.25) is 0 Å². The molecule has 14 nitrogen and oxygen atoms in total. The van der Waals surface area contributed by atoms with Crippen molar-refractivity contribution in [3.05, 3.63) is 34.4 Å². The Kier molecular flexibility index (Phi) is 22.0. The Morgan fingerprint density at radius 2 is 0.700 bits per heavy atom. The van der Waals surface area contributed by atoms with Crippen molar-refractivity contribution >= 4 is 23.9 Å². The van der Waals surface area contributed by atoms with E-state index in [1.54, 1.807) is 0 Å². The molecule has 0 unspecified atom stereocenters. The molecule has 0 aromatic heterocycles. The minimum atomic E-state index is -2.00. The highest BCUT2D eigenvalue weighted by Gasteiger charge is 2.13.